The third-order valence-corrected chi connectivity index (χ3v) is 5.48. The molecular weight excluding hydrogens is 304 g/mol. The predicted molar refractivity (Wildman–Crippen MR) is 90.9 cm³/mol. The van der Waals surface area contributed by atoms with Crippen LogP contribution in [0.2, 0.25) is 0 Å². The van der Waals surface area contributed by atoms with E-state index in [1.54, 1.807) is 4.90 Å². The Hall–Kier alpha value is -1.88. The van der Waals surface area contributed by atoms with Crippen molar-refractivity contribution >= 4 is 17.5 Å². The van der Waals surface area contributed by atoms with Gasteiger partial charge in [-0.2, -0.15) is 0 Å². The third kappa shape index (κ3) is 3.05. The monoisotopic (exact) mass is 328 g/mol. The van der Waals surface area contributed by atoms with E-state index in [-0.39, 0.29) is 17.7 Å². The zero-order valence-corrected chi connectivity index (χ0v) is 13.9. The molecule has 0 radical (unpaired) electrons. The summed E-state index contributed by atoms with van der Waals surface area (Å²) in [5, 5.41) is 3.00. The average molecular weight is 328 g/mol. The van der Waals surface area contributed by atoms with E-state index < -0.39 is 0 Å². The first-order valence-electron chi connectivity index (χ1n) is 8.98. The summed E-state index contributed by atoms with van der Waals surface area (Å²) in [6, 6.07) is 6.30. The number of aryl methyl sites for hydroxylation is 2. The number of hydrogen-bond donors (Lipinski definition) is 1. The maximum atomic E-state index is 12.4. The number of nitrogens with zero attached hydrogens (tertiary/aromatic N) is 1. The maximum absolute atomic E-state index is 12.4. The lowest BCUT2D eigenvalue weighted by Gasteiger charge is -2.18. The first-order valence-corrected chi connectivity index (χ1v) is 8.98. The minimum atomic E-state index is -0.243. The zero-order valence-electron chi connectivity index (χ0n) is 13.9. The molecule has 5 heteroatoms. The molecule has 2 atom stereocenters. The molecule has 1 aliphatic carbocycles. The summed E-state index contributed by atoms with van der Waals surface area (Å²) in [5.74, 6) is 0.225. The number of ether oxygens (including phenoxy) is 1. The molecule has 3 aliphatic rings. The van der Waals surface area contributed by atoms with E-state index in [0.717, 1.165) is 38.2 Å². The molecule has 1 N–H and O–H groups in total. The Morgan fingerprint density at radius 1 is 1.29 bits per heavy atom. The molecule has 1 aromatic carbocycles. The van der Waals surface area contributed by atoms with E-state index in [9.17, 15) is 9.59 Å². The van der Waals surface area contributed by atoms with Crippen LogP contribution < -0.4 is 10.2 Å². The van der Waals surface area contributed by atoms with Crippen molar-refractivity contribution in [2.45, 2.75) is 32.1 Å². The summed E-state index contributed by atoms with van der Waals surface area (Å²) < 4.78 is 5.33. The quantitative estimate of drug-likeness (QED) is 0.915. The molecule has 2 aliphatic heterocycles. The summed E-state index contributed by atoms with van der Waals surface area (Å²) in [4.78, 5) is 26.5. The number of nitrogens with one attached hydrogen (secondary N) is 1. The van der Waals surface area contributed by atoms with E-state index in [1.807, 2.05) is 6.07 Å². The molecule has 2 heterocycles. The second kappa shape index (κ2) is 6.55. The van der Waals surface area contributed by atoms with Gasteiger partial charge < -0.3 is 15.0 Å². The summed E-state index contributed by atoms with van der Waals surface area (Å²) >= 11 is 0. The fourth-order valence-electron chi connectivity index (χ4n) is 3.99. The molecule has 2 saturated heterocycles. The number of carbonyl (C=O) groups excluding carboxylic acids is 2. The van der Waals surface area contributed by atoms with Crippen molar-refractivity contribution in [3.8, 4) is 0 Å². The van der Waals surface area contributed by atoms with Gasteiger partial charge in [0.1, 0.15) is 0 Å². The number of fused-ring (bicyclic) bond motifs is 1. The third-order valence-electron chi connectivity index (χ3n) is 5.48. The number of benzene rings is 1. The van der Waals surface area contributed by atoms with Crippen LogP contribution in [0.25, 0.3) is 0 Å². The number of rotatable bonds is 4. The van der Waals surface area contributed by atoms with Crippen molar-refractivity contribution in [2.24, 2.45) is 11.8 Å². The van der Waals surface area contributed by atoms with Crippen LogP contribution in [0.4, 0.5) is 5.69 Å². The smallest absolute Gasteiger partial charge is 0.227 e. The highest BCUT2D eigenvalue weighted by atomic mass is 16.5. The Labute approximate surface area is 142 Å². The summed E-state index contributed by atoms with van der Waals surface area (Å²) in [6.07, 6.45) is 4.75. The fourth-order valence-corrected chi connectivity index (χ4v) is 3.99. The minimum absolute atomic E-state index is 0.00101. The van der Waals surface area contributed by atoms with Gasteiger partial charge in [-0.25, -0.2) is 0 Å². The van der Waals surface area contributed by atoms with Crippen LogP contribution in [0.5, 0.6) is 0 Å². The van der Waals surface area contributed by atoms with Crippen LogP contribution in [-0.4, -0.2) is 38.1 Å². The molecule has 128 valence electrons. The Balaban J connectivity index is 1.38. The number of anilines is 1. The highest BCUT2D eigenvalue weighted by Crippen LogP contribution is 2.30. The highest BCUT2D eigenvalue weighted by molar-refractivity contribution is 6.00. The van der Waals surface area contributed by atoms with Crippen LogP contribution in [0.15, 0.2) is 18.2 Å². The first-order chi connectivity index (χ1) is 11.7. The van der Waals surface area contributed by atoms with E-state index in [4.69, 9.17) is 4.74 Å². The van der Waals surface area contributed by atoms with Crippen molar-refractivity contribution < 1.29 is 14.3 Å². The molecule has 0 saturated carbocycles. The van der Waals surface area contributed by atoms with Gasteiger partial charge in [-0.15, -0.1) is 0 Å². The molecule has 4 rings (SSSR count). The molecule has 2 amide bonds. The van der Waals surface area contributed by atoms with Crippen molar-refractivity contribution in [3.05, 3.63) is 29.3 Å². The van der Waals surface area contributed by atoms with Gasteiger partial charge in [-0.1, -0.05) is 6.07 Å². The van der Waals surface area contributed by atoms with E-state index >= 15 is 0 Å². The molecule has 5 nitrogen and oxygen atoms in total. The minimum Gasteiger partial charge on any atom is -0.381 e. The Morgan fingerprint density at radius 2 is 2.17 bits per heavy atom. The van der Waals surface area contributed by atoms with Gasteiger partial charge in [0.2, 0.25) is 11.8 Å². The Kier molecular flexibility index (Phi) is 4.27. The molecule has 0 unspecified atom stereocenters. The summed E-state index contributed by atoms with van der Waals surface area (Å²) in [5.41, 5.74) is 3.70. The topological polar surface area (TPSA) is 58.6 Å². The van der Waals surface area contributed by atoms with Crippen molar-refractivity contribution in [3.63, 3.8) is 0 Å². The second-order valence-corrected chi connectivity index (χ2v) is 7.19. The second-order valence-electron chi connectivity index (χ2n) is 7.19. The standard InChI is InChI=1S/C19H24N2O3/c22-18-9-16(19(23)20-10-13-6-7-24-12-13)11-21(18)17-5-4-14-2-1-3-15(14)8-17/h4-5,8,13,16H,1-3,6-7,9-12H2,(H,20,23)/t13-,16+/m1/s1. The van der Waals surface area contributed by atoms with Gasteiger partial charge in [-0.3, -0.25) is 9.59 Å². The van der Waals surface area contributed by atoms with Gasteiger partial charge in [0.05, 0.1) is 12.5 Å². The van der Waals surface area contributed by atoms with E-state index in [1.165, 1.54) is 17.5 Å². The molecule has 0 bridgehead atoms. The van der Waals surface area contributed by atoms with Crippen LogP contribution >= 0.6 is 0 Å². The Bertz CT molecular complexity index is 652. The van der Waals surface area contributed by atoms with Crippen LogP contribution in [0.3, 0.4) is 0 Å². The normalized spacial score (nSPS) is 26.0. The van der Waals surface area contributed by atoms with Crippen LogP contribution in [0.1, 0.15) is 30.4 Å². The molecule has 2 fully saturated rings. The fraction of sp³-hybridized carbons (Fsp3) is 0.579. The lowest BCUT2D eigenvalue weighted by atomic mass is 10.1. The van der Waals surface area contributed by atoms with E-state index in [2.05, 4.69) is 17.4 Å². The van der Waals surface area contributed by atoms with Crippen LogP contribution in [-0.2, 0) is 27.2 Å². The Morgan fingerprint density at radius 3 is 3.00 bits per heavy atom. The van der Waals surface area contributed by atoms with Gasteiger partial charge in [0.15, 0.2) is 0 Å². The molecule has 24 heavy (non-hydrogen) atoms. The van der Waals surface area contributed by atoms with Crippen LogP contribution in [0, 0.1) is 11.8 Å². The number of hydrogen-bond acceptors (Lipinski definition) is 3. The molecule has 1 aromatic rings. The average Bonchev–Trinajstić information content (AvgIpc) is 3.32. The number of carbonyl (C=O) groups is 2. The predicted octanol–water partition coefficient (Wildman–Crippen LogP) is 1.68. The lowest BCUT2D eigenvalue weighted by molar-refractivity contribution is -0.126. The van der Waals surface area contributed by atoms with Crippen molar-refractivity contribution in [2.75, 3.05) is 31.2 Å². The lowest BCUT2D eigenvalue weighted by Crippen LogP contribution is -2.36. The molecular formula is C19H24N2O3. The highest BCUT2D eigenvalue weighted by Gasteiger charge is 2.35. The summed E-state index contributed by atoms with van der Waals surface area (Å²) in [6.45, 7) is 2.66. The SMILES string of the molecule is O=C(NC[C@H]1CCOC1)[C@H]1CC(=O)N(c2ccc3c(c2)CCC3)C1. The van der Waals surface area contributed by atoms with E-state index in [0.29, 0.717) is 25.4 Å². The van der Waals surface area contributed by atoms with Gasteiger partial charge in [0.25, 0.3) is 0 Å². The van der Waals surface area contributed by atoms with Gasteiger partial charge >= 0.3 is 0 Å². The zero-order chi connectivity index (χ0) is 16.5. The maximum Gasteiger partial charge on any atom is 0.227 e. The largest absolute Gasteiger partial charge is 0.381 e. The van der Waals surface area contributed by atoms with Crippen molar-refractivity contribution in [1.82, 2.24) is 5.32 Å². The van der Waals surface area contributed by atoms with Crippen molar-refractivity contribution in [1.29, 1.82) is 0 Å². The first kappa shape index (κ1) is 15.6. The van der Waals surface area contributed by atoms with Gasteiger partial charge in [0, 0.05) is 37.7 Å². The number of amides is 2. The summed E-state index contributed by atoms with van der Waals surface area (Å²) in [7, 11) is 0. The molecule has 0 aromatic heterocycles. The van der Waals surface area contributed by atoms with Gasteiger partial charge in [-0.05, 0) is 48.9 Å². The molecule has 0 spiro atoms.